The van der Waals surface area contributed by atoms with Crippen LogP contribution in [-0.2, 0) is 10.0 Å². The molecule has 1 aromatic carbocycles. The largest absolute Gasteiger partial charge is 0.398 e. The van der Waals surface area contributed by atoms with E-state index in [9.17, 15) is 8.42 Å². The van der Waals surface area contributed by atoms with Crippen LogP contribution in [0.25, 0.3) is 0 Å². The lowest BCUT2D eigenvalue weighted by Gasteiger charge is -2.13. The Morgan fingerprint density at radius 2 is 2.28 bits per heavy atom. The molecule has 18 heavy (non-hydrogen) atoms. The second-order valence-electron chi connectivity index (χ2n) is 4.55. The highest BCUT2D eigenvalue weighted by molar-refractivity contribution is 7.99. The SMILES string of the molecule is Cc1c(N)cccc1S(=O)(=O)NCC1CCSC1. The predicted molar refractivity (Wildman–Crippen MR) is 76.2 cm³/mol. The van der Waals surface area contributed by atoms with Crippen LogP contribution in [0.1, 0.15) is 12.0 Å². The van der Waals surface area contributed by atoms with Gasteiger partial charge in [-0.1, -0.05) is 6.07 Å². The minimum absolute atomic E-state index is 0.285. The maximum absolute atomic E-state index is 12.2. The molecule has 0 saturated carbocycles. The van der Waals surface area contributed by atoms with Gasteiger partial charge in [-0.25, -0.2) is 13.1 Å². The number of benzene rings is 1. The number of nitrogens with one attached hydrogen (secondary N) is 1. The van der Waals surface area contributed by atoms with Crippen LogP contribution >= 0.6 is 11.8 Å². The first-order valence-electron chi connectivity index (χ1n) is 5.93. The van der Waals surface area contributed by atoms with Gasteiger partial charge in [0.15, 0.2) is 0 Å². The average molecular weight is 286 g/mol. The van der Waals surface area contributed by atoms with Crippen LogP contribution in [0.2, 0.25) is 0 Å². The molecule has 1 saturated heterocycles. The van der Waals surface area contributed by atoms with E-state index >= 15 is 0 Å². The molecule has 1 unspecified atom stereocenters. The Bertz CT molecular complexity index is 523. The van der Waals surface area contributed by atoms with Crippen molar-refractivity contribution in [3.05, 3.63) is 23.8 Å². The third-order valence-electron chi connectivity index (χ3n) is 3.20. The molecule has 0 spiro atoms. The number of nitrogen functional groups attached to an aromatic ring is 1. The molecule has 1 aliphatic heterocycles. The lowest BCUT2D eigenvalue weighted by atomic mass is 10.1. The molecule has 3 N–H and O–H groups in total. The van der Waals surface area contributed by atoms with Gasteiger partial charge in [-0.15, -0.1) is 0 Å². The molecule has 1 aliphatic rings. The first-order chi connectivity index (χ1) is 8.50. The second-order valence-corrected chi connectivity index (χ2v) is 7.44. The van der Waals surface area contributed by atoms with E-state index < -0.39 is 10.0 Å². The van der Waals surface area contributed by atoms with Crippen molar-refractivity contribution in [2.75, 3.05) is 23.8 Å². The highest BCUT2D eigenvalue weighted by atomic mass is 32.2. The summed E-state index contributed by atoms with van der Waals surface area (Å²) in [5, 5.41) is 0. The Kier molecular flexibility index (Phi) is 4.19. The van der Waals surface area contributed by atoms with Crippen molar-refractivity contribution in [3.63, 3.8) is 0 Å². The second kappa shape index (κ2) is 5.50. The average Bonchev–Trinajstić information content (AvgIpc) is 2.83. The van der Waals surface area contributed by atoms with Gasteiger partial charge in [-0.2, -0.15) is 11.8 Å². The predicted octanol–water partition coefficient (Wildman–Crippen LogP) is 1.61. The standard InChI is InChI=1S/C12H18N2O2S2/c1-9-11(13)3-2-4-12(9)18(15,16)14-7-10-5-6-17-8-10/h2-4,10,14H,5-8,13H2,1H3. The molecule has 1 heterocycles. The number of sulfonamides is 1. The Morgan fingerprint density at radius 1 is 1.50 bits per heavy atom. The van der Waals surface area contributed by atoms with Gasteiger partial charge in [-0.05, 0) is 48.5 Å². The van der Waals surface area contributed by atoms with Crippen molar-refractivity contribution in [1.82, 2.24) is 4.72 Å². The number of rotatable bonds is 4. The van der Waals surface area contributed by atoms with Crippen molar-refractivity contribution in [2.45, 2.75) is 18.2 Å². The minimum Gasteiger partial charge on any atom is -0.398 e. The number of anilines is 1. The third kappa shape index (κ3) is 2.99. The van der Waals surface area contributed by atoms with Crippen LogP contribution in [-0.4, -0.2) is 26.5 Å². The molecule has 0 aromatic heterocycles. The fraction of sp³-hybridized carbons (Fsp3) is 0.500. The molecule has 1 fully saturated rings. The van der Waals surface area contributed by atoms with E-state index in [0.717, 1.165) is 17.9 Å². The normalized spacial score (nSPS) is 20.2. The van der Waals surface area contributed by atoms with Gasteiger partial charge < -0.3 is 5.73 Å². The van der Waals surface area contributed by atoms with Crippen LogP contribution in [0.5, 0.6) is 0 Å². The third-order valence-corrected chi connectivity index (χ3v) is 6.00. The lowest BCUT2D eigenvalue weighted by Crippen LogP contribution is -2.30. The molecule has 0 aliphatic carbocycles. The Hall–Kier alpha value is -0.720. The van der Waals surface area contributed by atoms with Crippen molar-refractivity contribution in [1.29, 1.82) is 0 Å². The van der Waals surface area contributed by atoms with Crippen molar-refractivity contribution in [2.24, 2.45) is 5.92 Å². The van der Waals surface area contributed by atoms with E-state index in [-0.39, 0.29) is 4.90 Å². The summed E-state index contributed by atoms with van der Waals surface area (Å²) in [7, 11) is -3.44. The maximum atomic E-state index is 12.2. The summed E-state index contributed by atoms with van der Waals surface area (Å²) in [4.78, 5) is 0.285. The van der Waals surface area contributed by atoms with Gasteiger partial charge in [-0.3, -0.25) is 0 Å². The molecular formula is C12H18N2O2S2. The quantitative estimate of drug-likeness (QED) is 0.825. The van der Waals surface area contributed by atoms with Crippen molar-refractivity contribution >= 4 is 27.5 Å². The minimum atomic E-state index is -3.44. The highest BCUT2D eigenvalue weighted by Gasteiger charge is 2.21. The molecular weight excluding hydrogens is 268 g/mol. The zero-order valence-corrected chi connectivity index (χ0v) is 12.0. The van der Waals surface area contributed by atoms with Crippen LogP contribution < -0.4 is 10.5 Å². The van der Waals surface area contributed by atoms with E-state index in [1.165, 1.54) is 0 Å². The summed E-state index contributed by atoms with van der Waals surface area (Å²) < 4.78 is 27.1. The molecule has 0 bridgehead atoms. The van der Waals surface area contributed by atoms with Gasteiger partial charge in [0.25, 0.3) is 0 Å². The van der Waals surface area contributed by atoms with Crippen LogP contribution in [0.3, 0.4) is 0 Å². The van der Waals surface area contributed by atoms with E-state index in [2.05, 4.69) is 4.72 Å². The fourth-order valence-corrected chi connectivity index (χ4v) is 4.65. The highest BCUT2D eigenvalue weighted by Crippen LogP contribution is 2.24. The van der Waals surface area contributed by atoms with Crippen LogP contribution in [0, 0.1) is 12.8 Å². The number of thioether (sulfide) groups is 1. The summed E-state index contributed by atoms with van der Waals surface area (Å²) in [6, 6.07) is 4.97. The van der Waals surface area contributed by atoms with Gasteiger partial charge in [0.05, 0.1) is 4.90 Å². The fourth-order valence-electron chi connectivity index (χ4n) is 1.97. The Labute approximate surface area is 112 Å². The van der Waals surface area contributed by atoms with Crippen LogP contribution in [0.4, 0.5) is 5.69 Å². The number of hydrogen-bond donors (Lipinski definition) is 2. The number of hydrogen-bond acceptors (Lipinski definition) is 4. The smallest absolute Gasteiger partial charge is 0.240 e. The zero-order valence-electron chi connectivity index (χ0n) is 10.3. The monoisotopic (exact) mass is 286 g/mol. The van der Waals surface area contributed by atoms with Gasteiger partial charge in [0, 0.05) is 12.2 Å². The molecule has 4 nitrogen and oxygen atoms in total. The van der Waals surface area contributed by atoms with E-state index in [1.807, 2.05) is 11.8 Å². The van der Waals surface area contributed by atoms with Crippen molar-refractivity contribution in [3.8, 4) is 0 Å². The molecule has 0 radical (unpaired) electrons. The molecule has 2 rings (SSSR count). The molecule has 6 heteroatoms. The summed E-state index contributed by atoms with van der Waals surface area (Å²) in [6.07, 6.45) is 1.09. The molecule has 100 valence electrons. The first kappa shape index (κ1) is 13.7. The summed E-state index contributed by atoms with van der Waals surface area (Å²) in [6.45, 7) is 2.25. The van der Waals surface area contributed by atoms with E-state index in [4.69, 9.17) is 5.73 Å². The molecule has 1 aromatic rings. The van der Waals surface area contributed by atoms with Gasteiger partial charge in [0.1, 0.15) is 0 Å². The summed E-state index contributed by atoms with van der Waals surface area (Å²) in [5.74, 6) is 2.62. The molecule has 0 amide bonds. The number of nitrogens with two attached hydrogens (primary N) is 1. The van der Waals surface area contributed by atoms with E-state index in [1.54, 1.807) is 25.1 Å². The maximum Gasteiger partial charge on any atom is 0.240 e. The lowest BCUT2D eigenvalue weighted by molar-refractivity contribution is 0.545. The zero-order chi connectivity index (χ0) is 13.2. The Balaban J connectivity index is 2.12. The Morgan fingerprint density at radius 3 is 2.94 bits per heavy atom. The summed E-state index contributed by atoms with van der Waals surface area (Å²) in [5.41, 5.74) is 6.87. The first-order valence-corrected chi connectivity index (χ1v) is 8.57. The van der Waals surface area contributed by atoms with Gasteiger partial charge >= 0.3 is 0 Å². The van der Waals surface area contributed by atoms with Gasteiger partial charge in [0.2, 0.25) is 10.0 Å². The van der Waals surface area contributed by atoms with E-state index in [0.29, 0.717) is 23.7 Å². The van der Waals surface area contributed by atoms with Crippen molar-refractivity contribution < 1.29 is 8.42 Å². The molecule has 1 atom stereocenters. The topological polar surface area (TPSA) is 72.2 Å². The summed E-state index contributed by atoms with van der Waals surface area (Å²) >= 11 is 1.88. The van der Waals surface area contributed by atoms with Crippen LogP contribution in [0.15, 0.2) is 23.1 Å².